The van der Waals surface area contributed by atoms with Gasteiger partial charge in [0.05, 0.1) is 4.90 Å². The molecule has 0 heterocycles. The molecule has 0 saturated heterocycles. The van der Waals surface area contributed by atoms with Gasteiger partial charge < -0.3 is 5.32 Å². The van der Waals surface area contributed by atoms with Crippen molar-refractivity contribution < 1.29 is 31.2 Å². The maximum Gasteiger partial charge on any atom is 0.460 e. The number of rotatable bonds is 5. The van der Waals surface area contributed by atoms with E-state index in [1.807, 2.05) is 5.32 Å². The Bertz CT molecular complexity index is 671. The molecule has 0 fully saturated rings. The monoisotopic (exact) mass is 357 g/mol. The maximum absolute atomic E-state index is 12.1. The molecule has 0 aliphatic carbocycles. The number of benzene rings is 1. The number of carbonyl (C=O) groups excluding carboxylic acids is 2. The molecule has 10 heteroatoms. The molecule has 1 atom stereocenters. The van der Waals surface area contributed by atoms with Crippen LogP contribution in [0.4, 0.5) is 13.2 Å². The highest BCUT2D eigenvalue weighted by atomic mass is 35.7. The Balaban J connectivity index is 2.68. The zero-order valence-corrected chi connectivity index (χ0v) is 12.7. The molecule has 0 aliphatic rings. The van der Waals surface area contributed by atoms with Crippen molar-refractivity contribution in [1.29, 1.82) is 0 Å². The smallest absolute Gasteiger partial charge is 0.346 e. The first-order valence-corrected chi connectivity index (χ1v) is 8.18. The fraction of sp³-hybridized carbons (Fsp3) is 0.333. The number of halogens is 4. The Kier molecular flexibility index (Phi) is 5.58. The molecule has 0 bridgehead atoms. The molecule has 1 rings (SSSR count). The molecule has 122 valence electrons. The summed E-state index contributed by atoms with van der Waals surface area (Å²) in [6.07, 6.45) is -5.11. The van der Waals surface area contributed by atoms with Gasteiger partial charge in [-0.15, -0.1) is 0 Å². The van der Waals surface area contributed by atoms with Crippen molar-refractivity contribution >= 4 is 31.4 Å². The molecule has 0 aromatic heterocycles. The van der Waals surface area contributed by atoms with Crippen LogP contribution in [0, 0.1) is 0 Å². The minimum absolute atomic E-state index is 0.111. The highest BCUT2D eigenvalue weighted by Crippen LogP contribution is 2.17. The van der Waals surface area contributed by atoms with E-state index >= 15 is 0 Å². The maximum atomic E-state index is 12.1. The second-order valence-electron chi connectivity index (χ2n) is 4.49. The number of Topliss-reactive ketones (excluding diaryl/α,β-unsaturated/α-hetero) is 1. The summed E-state index contributed by atoms with van der Waals surface area (Å²) in [6.45, 7) is 1.41. The van der Waals surface area contributed by atoms with Crippen molar-refractivity contribution in [3.05, 3.63) is 29.8 Å². The summed E-state index contributed by atoms with van der Waals surface area (Å²) >= 11 is 0. The fourth-order valence-corrected chi connectivity index (χ4v) is 2.38. The van der Waals surface area contributed by atoms with Gasteiger partial charge in [0.2, 0.25) is 0 Å². The number of carbonyl (C=O) groups is 2. The van der Waals surface area contributed by atoms with Crippen LogP contribution in [0.1, 0.15) is 12.5 Å². The third kappa shape index (κ3) is 5.30. The van der Waals surface area contributed by atoms with Crippen molar-refractivity contribution in [2.24, 2.45) is 0 Å². The number of amides is 1. The molecule has 0 saturated carbocycles. The van der Waals surface area contributed by atoms with E-state index in [9.17, 15) is 31.2 Å². The lowest BCUT2D eigenvalue weighted by molar-refractivity contribution is -0.175. The van der Waals surface area contributed by atoms with Crippen molar-refractivity contribution in [2.45, 2.75) is 30.5 Å². The Labute approximate surface area is 128 Å². The van der Waals surface area contributed by atoms with Crippen LogP contribution in [0.5, 0.6) is 0 Å². The quantitative estimate of drug-likeness (QED) is 0.643. The van der Waals surface area contributed by atoms with Gasteiger partial charge in [0.25, 0.3) is 15.0 Å². The topological polar surface area (TPSA) is 80.3 Å². The molecule has 0 aliphatic heterocycles. The van der Waals surface area contributed by atoms with E-state index in [1.54, 1.807) is 0 Å². The number of nitrogens with one attached hydrogen (secondary N) is 1. The van der Waals surface area contributed by atoms with E-state index in [-0.39, 0.29) is 11.3 Å². The summed E-state index contributed by atoms with van der Waals surface area (Å²) in [5.74, 6) is -4.21. The zero-order chi connectivity index (χ0) is 17.1. The van der Waals surface area contributed by atoms with Gasteiger partial charge in [-0.05, 0) is 31.0 Å². The predicted molar refractivity (Wildman–Crippen MR) is 71.9 cm³/mol. The van der Waals surface area contributed by atoms with Crippen LogP contribution in [0.2, 0.25) is 0 Å². The van der Waals surface area contributed by atoms with Crippen molar-refractivity contribution in [1.82, 2.24) is 5.32 Å². The summed E-state index contributed by atoms with van der Waals surface area (Å²) in [5.41, 5.74) is 0.552. The average Bonchev–Trinajstić information content (AvgIpc) is 2.36. The molecule has 22 heavy (non-hydrogen) atoms. The first-order chi connectivity index (χ1) is 9.91. The fourth-order valence-electron chi connectivity index (χ4n) is 1.61. The van der Waals surface area contributed by atoms with E-state index in [4.69, 9.17) is 10.7 Å². The van der Waals surface area contributed by atoms with Gasteiger partial charge in [0, 0.05) is 16.7 Å². The van der Waals surface area contributed by atoms with Crippen molar-refractivity contribution in [3.63, 3.8) is 0 Å². The Morgan fingerprint density at radius 1 is 1.23 bits per heavy atom. The van der Waals surface area contributed by atoms with Crippen LogP contribution in [0.25, 0.3) is 0 Å². The molecule has 1 aromatic carbocycles. The molecule has 0 radical (unpaired) electrons. The Hall–Kier alpha value is -1.61. The highest BCUT2D eigenvalue weighted by molar-refractivity contribution is 8.13. The SMILES string of the molecule is CC(Cc1ccc(S(=O)(=O)Cl)cc1)NC(=O)C(=O)C(F)(F)F. The van der Waals surface area contributed by atoms with Gasteiger partial charge in [-0.1, -0.05) is 12.1 Å². The first-order valence-electron chi connectivity index (χ1n) is 5.87. The number of ketones is 1. The third-order valence-corrected chi connectivity index (χ3v) is 3.96. The lowest BCUT2D eigenvalue weighted by Crippen LogP contribution is -2.44. The average molecular weight is 358 g/mol. The van der Waals surface area contributed by atoms with Crippen LogP contribution in [-0.4, -0.2) is 32.3 Å². The predicted octanol–water partition coefficient (Wildman–Crippen LogP) is 1.79. The van der Waals surface area contributed by atoms with Gasteiger partial charge in [-0.2, -0.15) is 13.2 Å². The summed E-state index contributed by atoms with van der Waals surface area (Å²) in [7, 11) is 1.27. The van der Waals surface area contributed by atoms with Gasteiger partial charge >= 0.3 is 12.0 Å². The molecule has 1 unspecified atom stereocenters. The molecular formula is C12H11ClF3NO4S. The minimum atomic E-state index is -5.22. The summed E-state index contributed by atoms with van der Waals surface area (Å²) in [6, 6.07) is 4.52. The van der Waals surface area contributed by atoms with Crippen LogP contribution in [0.15, 0.2) is 29.2 Å². The molecule has 1 aromatic rings. The first kappa shape index (κ1) is 18.4. The van der Waals surface area contributed by atoms with E-state index in [0.29, 0.717) is 5.56 Å². The number of alkyl halides is 3. The Morgan fingerprint density at radius 2 is 1.73 bits per heavy atom. The summed E-state index contributed by atoms with van der Waals surface area (Å²) in [4.78, 5) is 21.7. The second kappa shape index (κ2) is 6.66. The molecule has 0 spiro atoms. The molecule has 1 amide bonds. The zero-order valence-electron chi connectivity index (χ0n) is 11.1. The lowest BCUT2D eigenvalue weighted by atomic mass is 10.1. The Morgan fingerprint density at radius 3 is 2.14 bits per heavy atom. The molecule has 1 N–H and O–H groups in total. The second-order valence-corrected chi connectivity index (χ2v) is 7.05. The molecule has 5 nitrogen and oxygen atoms in total. The number of hydrogen-bond acceptors (Lipinski definition) is 4. The van der Waals surface area contributed by atoms with Crippen LogP contribution >= 0.6 is 10.7 Å². The van der Waals surface area contributed by atoms with Crippen LogP contribution in [0.3, 0.4) is 0 Å². The summed E-state index contributed by atoms with van der Waals surface area (Å²) < 4.78 is 58.3. The van der Waals surface area contributed by atoms with Gasteiger partial charge in [-0.25, -0.2) is 8.42 Å². The lowest BCUT2D eigenvalue weighted by Gasteiger charge is -2.14. The van der Waals surface area contributed by atoms with Crippen LogP contribution in [-0.2, 0) is 25.1 Å². The van der Waals surface area contributed by atoms with E-state index in [1.165, 1.54) is 31.2 Å². The van der Waals surface area contributed by atoms with Crippen molar-refractivity contribution in [2.75, 3.05) is 0 Å². The normalized spacial score (nSPS) is 13.5. The number of hydrogen-bond donors (Lipinski definition) is 1. The minimum Gasteiger partial charge on any atom is -0.346 e. The summed E-state index contributed by atoms with van der Waals surface area (Å²) in [5, 5.41) is 1.93. The van der Waals surface area contributed by atoms with Gasteiger partial charge in [-0.3, -0.25) is 9.59 Å². The highest BCUT2D eigenvalue weighted by Gasteiger charge is 2.43. The molecular weight excluding hydrogens is 347 g/mol. The van der Waals surface area contributed by atoms with E-state index < -0.39 is 33.0 Å². The van der Waals surface area contributed by atoms with Crippen molar-refractivity contribution in [3.8, 4) is 0 Å². The van der Waals surface area contributed by atoms with E-state index in [0.717, 1.165) is 0 Å². The van der Waals surface area contributed by atoms with Gasteiger partial charge in [0.1, 0.15) is 0 Å². The third-order valence-electron chi connectivity index (χ3n) is 2.59. The van der Waals surface area contributed by atoms with Crippen LogP contribution < -0.4 is 5.32 Å². The standard InChI is InChI=1S/C12H11ClF3NO4S/c1-7(17-11(19)10(18)12(14,15)16)6-8-2-4-9(5-3-8)22(13,20)21/h2-5,7H,6H2,1H3,(H,17,19). The van der Waals surface area contributed by atoms with Gasteiger partial charge in [0.15, 0.2) is 0 Å². The van der Waals surface area contributed by atoms with E-state index in [2.05, 4.69) is 0 Å². The largest absolute Gasteiger partial charge is 0.460 e.